The summed E-state index contributed by atoms with van der Waals surface area (Å²) < 4.78 is 5.12. The third kappa shape index (κ3) is 5.68. The van der Waals surface area contributed by atoms with Crippen LogP contribution in [0.2, 0.25) is 0 Å². The first-order valence-corrected chi connectivity index (χ1v) is 9.20. The van der Waals surface area contributed by atoms with Crippen molar-refractivity contribution < 1.29 is 14.0 Å². The molecule has 27 heavy (non-hydrogen) atoms. The standard InChI is InChI=1S/C17H22N4O3S.2ClH/c1-11-13(4-7-24-11)15(23)20-16-19-12(9-25-16)8-14(22)21-17(10-18)5-2-3-6-17;;/h4,7,9H,2-3,5-6,8,10,18H2,1H3,(H,21,22)(H,19,20,23);2*1H. The Labute approximate surface area is 174 Å². The Kier molecular flexibility index (Phi) is 8.74. The van der Waals surface area contributed by atoms with Gasteiger partial charge in [-0.1, -0.05) is 12.8 Å². The van der Waals surface area contributed by atoms with Crippen LogP contribution in [-0.2, 0) is 11.2 Å². The monoisotopic (exact) mass is 434 g/mol. The number of thiazole rings is 1. The lowest BCUT2D eigenvalue weighted by Gasteiger charge is -2.28. The van der Waals surface area contributed by atoms with Crippen molar-refractivity contribution in [2.24, 2.45) is 5.73 Å². The Morgan fingerprint density at radius 1 is 1.33 bits per heavy atom. The van der Waals surface area contributed by atoms with Gasteiger partial charge in [0.1, 0.15) is 5.76 Å². The molecule has 2 aromatic heterocycles. The van der Waals surface area contributed by atoms with Gasteiger partial charge >= 0.3 is 0 Å². The summed E-state index contributed by atoms with van der Waals surface area (Å²) in [6.45, 7) is 2.18. The highest BCUT2D eigenvalue weighted by Gasteiger charge is 2.33. The summed E-state index contributed by atoms with van der Waals surface area (Å²) in [6, 6.07) is 1.61. The van der Waals surface area contributed by atoms with Gasteiger partial charge in [0.25, 0.3) is 5.91 Å². The average molecular weight is 435 g/mol. The number of hydrogen-bond acceptors (Lipinski definition) is 6. The lowest BCUT2D eigenvalue weighted by molar-refractivity contribution is -0.122. The highest BCUT2D eigenvalue weighted by Crippen LogP contribution is 2.28. The molecule has 2 heterocycles. The van der Waals surface area contributed by atoms with Crippen LogP contribution >= 0.6 is 36.2 Å². The molecule has 7 nitrogen and oxygen atoms in total. The van der Waals surface area contributed by atoms with Crippen LogP contribution in [0, 0.1) is 6.92 Å². The van der Waals surface area contributed by atoms with E-state index in [1.807, 2.05) is 0 Å². The van der Waals surface area contributed by atoms with E-state index >= 15 is 0 Å². The fraction of sp³-hybridized carbons (Fsp3) is 0.471. The van der Waals surface area contributed by atoms with Gasteiger partial charge in [-0.05, 0) is 25.8 Å². The van der Waals surface area contributed by atoms with E-state index in [0.29, 0.717) is 28.7 Å². The van der Waals surface area contributed by atoms with Crippen molar-refractivity contribution >= 4 is 53.1 Å². The molecule has 0 saturated heterocycles. The molecule has 0 aromatic carbocycles. The van der Waals surface area contributed by atoms with Gasteiger partial charge in [0, 0.05) is 11.9 Å². The molecule has 3 rings (SSSR count). The highest BCUT2D eigenvalue weighted by atomic mass is 35.5. The fourth-order valence-electron chi connectivity index (χ4n) is 3.17. The summed E-state index contributed by atoms with van der Waals surface area (Å²) in [5.41, 5.74) is 6.69. The molecule has 1 fully saturated rings. The number of furan rings is 1. The van der Waals surface area contributed by atoms with Crippen LogP contribution in [0.25, 0.3) is 0 Å². The van der Waals surface area contributed by atoms with E-state index in [9.17, 15) is 9.59 Å². The summed E-state index contributed by atoms with van der Waals surface area (Å²) in [4.78, 5) is 28.8. The van der Waals surface area contributed by atoms with Crippen molar-refractivity contribution in [3.05, 3.63) is 34.7 Å². The Hall–Kier alpha value is -1.61. The highest BCUT2D eigenvalue weighted by molar-refractivity contribution is 7.14. The third-order valence-corrected chi connectivity index (χ3v) is 5.38. The smallest absolute Gasteiger partial charge is 0.260 e. The predicted octanol–water partition coefficient (Wildman–Crippen LogP) is 3.07. The lowest BCUT2D eigenvalue weighted by Crippen LogP contribution is -2.52. The van der Waals surface area contributed by atoms with Crippen LogP contribution in [0.15, 0.2) is 22.1 Å². The largest absolute Gasteiger partial charge is 0.469 e. The van der Waals surface area contributed by atoms with Gasteiger partial charge in [0.05, 0.1) is 29.5 Å². The van der Waals surface area contributed by atoms with E-state index in [0.717, 1.165) is 25.7 Å². The van der Waals surface area contributed by atoms with Gasteiger partial charge in [-0.25, -0.2) is 4.98 Å². The summed E-state index contributed by atoms with van der Waals surface area (Å²) in [5.74, 6) is 0.197. The number of hydrogen-bond donors (Lipinski definition) is 3. The van der Waals surface area contributed by atoms with Gasteiger partial charge in [0.2, 0.25) is 5.91 Å². The molecule has 1 aliphatic carbocycles. The zero-order chi connectivity index (χ0) is 17.9. The van der Waals surface area contributed by atoms with Crippen molar-refractivity contribution in [3.63, 3.8) is 0 Å². The molecule has 2 amide bonds. The number of anilines is 1. The number of aromatic nitrogens is 1. The Morgan fingerprint density at radius 3 is 2.63 bits per heavy atom. The van der Waals surface area contributed by atoms with Gasteiger partial charge in [-0.15, -0.1) is 36.2 Å². The van der Waals surface area contributed by atoms with Crippen LogP contribution in [0.4, 0.5) is 5.13 Å². The maximum Gasteiger partial charge on any atom is 0.260 e. The Bertz CT molecular complexity index is 772. The topological polar surface area (TPSA) is 110 Å². The second kappa shape index (κ2) is 10.1. The number of aryl methyl sites for hydroxylation is 1. The normalized spacial score (nSPS) is 14.7. The van der Waals surface area contributed by atoms with E-state index in [1.54, 1.807) is 18.4 Å². The van der Waals surface area contributed by atoms with Crippen LogP contribution in [0.5, 0.6) is 0 Å². The quantitative estimate of drug-likeness (QED) is 0.646. The van der Waals surface area contributed by atoms with Crippen molar-refractivity contribution in [2.75, 3.05) is 11.9 Å². The summed E-state index contributed by atoms with van der Waals surface area (Å²) in [7, 11) is 0. The predicted molar refractivity (Wildman–Crippen MR) is 110 cm³/mol. The number of nitrogens with two attached hydrogens (primary N) is 1. The maximum atomic E-state index is 12.3. The first-order chi connectivity index (χ1) is 12.0. The molecule has 1 aliphatic rings. The Morgan fingerprint density at radius 2 is 2.04 bits per heavy atom. The number of halogens is 2. The summed E-state index contributed by atoms with van der Waals surface area (Å²) in [6.07, 6.45) is 5.70. The number of nitrogens with zero attached hydrogens (tertiary/aromatic N) is 1. The molecule has 10 heteroatoms. The molecule has 0 radical (unpaired) electrons. The number of nitrogens with one attached hydrogen (secondary N) is 2. The zero-order valence-corrected chi connectivity index (χ0v) is 17.4. The number of amides is 2. The van der Waals surface area contributed by atoms with Gasteiger partial charge in [-0.2, -0.15) is 0 Å². The minimum absolute atomic E-state index is 0. The minimum Gasteiger partial charge on any atom is -0.469 e. The minimum atomic E-state index is -0.273. The van der Waals surface area contributed by atoms with E-state index in [2.05, 4.69) is 15.6 Å². The van der Waals surface area contributed by atoms with Crippen LogP contribution in [-0.4, -0.2) is 28.9 Å². The second-order valence-corrected chi connectivity index (χ2v) is 7.26. The molecule has 0 aliphatic heterocycles. The summed E-state index contributed by atoms with van der Waals surface area (Å²) >= 11 is 1.29. The SMILES string of the molecule is Cc1occc1C(=O)Nc1nc(CC(=O)NC2(CN)CCCC2)cs1.Cl.Cl. The first kappa shape index (κ1) is 23.4. The van der Waals surface area contributed by atoms with E-state index in [1.165, 1.54) is 17.6 Å². The van der Waals surface area contributed by atoms with Crippen molar-refractivity contribution in [1.82, 2.24) is 10.3 Å². The molecule has 0 unspecified atom stereocenters. The molecular weight excluding hydrogens is 411 g/mol. The maximum absolute atomic E-state index is 12.3. The lowest BCUT2D eigenvalue weighted by atomic mass is 9.97. The van der Waals surface area contributed by atoms with Crippen molar-refractivity contribution in [3.8, 4) is 0 Å². The Balaban J connectivity index is 0.00000182. The van der Waals surface area contributed by atoms with E-state index in [4.69, 9.17) is 10.2 Å². The van der Waals surface area contributed by atoms with Crippen LogP contribution < -0.4 is 16.4 Å². The molecule has 1 saturated carbocycles. The number of carbonyl (C=O) groups excluding carboxylic acids is 2. The molecule has 0 atom stereocenters. The van der Waals surface area contributed by atoms with Crippen LogP contribution in [0.3, 0.4) is 0 Å². The fourth-order valence-corrected chi connectivity index (χ4v) is 3.87. The molecule has 0 spiro atoms. The number of carbonyl (C=O) groups is 2. The third-order valence-electron chi connectivity index (χ3n) is 4.57. The van der Waals surface area contributed by atoms with Gasteiger partial charge in [-0.3, -0.25) is 14.9 Å². The van der Waals surface area contributed by atoms with Crippen molar-refractivity contribution in [2.45, 2.75) is 44.6 Å². The zero-order valence-electron chi connectivity index (χ0n) is 14.9. The van der Waals surface area contributed by atoms with Gasteiger partial charge < -0.3 is 15.5 Å². The molecule has 2 aromatic rings. The average Bonchev–Trinajstić information content (AvgIpc) is 3.30. The number of rotatable bonds is 6. The molecule has 4 N–H and O–H groups in total. The van der Waals surface area contributed by atoms with Crippen LogP contribution in [0.1, 0.15) is 47.5 Å². The molecule has 150 valence electrons. The van der Waals surface area contributed by atoms with E-state index in [-0.39, 0.29) is 48.6 Å². The summed E-state index contributed by atoms with van der Waals surface area (Å²) in [5, 5.41) is 8.04. The molecular formula is C17H24Cl2N4O3S. The van der Waals surface area contributed by atoms with Crippen molar-refractivity contribution in [1.29, 1.82) is 0 Å². The van der Waals surface area contributed by atoms with E-state index < -0.39 is 0 Å². The molecule has 0 bridgehead atoms. The first-order valence-electron chi connectivity index (χ1n) is 8.32. The van der Waals surface area contributed by atoms with Gasteiger partial charge in [0.15, 0.2) is 5.13 Å². The second-order valence-electron chi connectivity index (χ2n) is 6.41.